The van der Waals surface area contributed by atoms with Gasteiger partial charge in [-0.15, -0.1) is 0 Å². The molecule has 0 spiro atoms. The van der Waals surface area contributed by atoms with Gasteiger partial charge in [0.2, 0.25) is 82.7 Å². The van der Waals surface area contributed by atoms with E-state index in [9.17, 15) is 67.4 Å². The summed E-state index contributed by atoms with van der Waals surface area (Å²) in [5.41, 5.74) is 31.5. The first-order valence-corrected chi connectivity index (χ1v) is 40.3. The lowest BCUT2D eigenvalue weighted by Crippen LogP contribution is -2.61. The van der Waals surface area contributed by atoms with Gasteiger partial charge in [-0.05, 0) is 103 Å². The third kappa shape index (κ3) is 34.2. The molecule has 4 aromatic carbocycles. The molecule has 1 aromatic heterocycles. The average Bonchev–Trinajstić information content (AvgIpc) is 1.65. The molecule has 0 aliphatic heterocycles. The molecule has 0 aliphatic rings. The average molecular weight is 1670 g/mol. The predicted octanol–water partition coefficient (Wildman–Crippen LogP) is -1.72. The fourth-order valence-corrected chi connectivity index (χ4v) is 13.0. The van der Waals surface area contributed by atoms with E-state index in [0.29, 0.717) is 34.0 Å². The van der Waals surface area contributed by atoms with Gasteiger partial charge in [-0.1, -0.05) is 171 Å². The zero-order valence-electron chi connectivity index (χ0n) is 69.4. The minimum atomic E-state index is -1.87. The number of para-hydroxylation sites is 1. The molecule has 0 unspecified atom stereocenters. The maximum absolute atomic E-state index is 15.2. The number of nitrogens with one attached hydrogen (secondary N) is 17. The number of guanidine groups is 2. The van der Waals surface area contributed by atoms with Gasteiger partial charge in [-0.3, -0.25) is 77.9 Å². The van der Waals surface area contributed by atoms with E-state index in [4.69, 9.17) is 39.5 Å². The van der Waals surface area contributed by atoms with Crippen molar-refractivity contribution in [2.45, 2.75) is 211 Å². The first-order valence-electron chi connectivity index (χ1n) is 40.3. The van der Waals surface area contributed by atoms with Crippen LogP contribution in [0.25, 0.3) is 10.9 Å². The topological polar surface area (TPSA) is 621 Å². The van der Waals surface area contributed by atoms with Crippen molar-refractivity contribution in [3.8, 4) is 0 Å². The maximum atomic E-state index is 15.2. The second-order valence-electron chi connectivity index (χ2n) is 31.0. The standard InChI is InChI=1S/C83H122N22O15/c1-9-49(8)69(81(120)98-60(70(86)109)37-46(2)3)105-75(114)57(31-21-35-91-82(87)88)95-67(108)44-94-72(111)61(38-47(4)5)99-76(115)62(40-51-25-15-11-16-26-51)100-73(112)58(32-22-36-92-83(89)90)96-79(118)65(45-106)103-77(116)63(41-52-27-17-12-18-28-52)101-78(117)64(42-53-43-93-56-30-20-19-29-54(53)56)102-74(113)59(33-34-66(85)107)97-80(119)68(48(6)7)104-71(110)55(84)39-50-23-13-10-14-24-50/h10-20,23-30,43,46-49,55,57-65,68-69,93,106H,9,21-22,31-42,44-45,84H2,1-8H3,(H2,85,107)(H2,86,109)(H,94,111)(H,95,108)(H,96,118)(H,97,119)(H,98,120)(H,99,115)(H,100,112)(H,101,117)(H,102,113)(H,103,116)(H,104,110)(H,105,114)(H4,87,88,91)(H4,89,90,92)/t49-,55-,57-,58-,59-,60-,61-,62-,63-,64-,65-,68-,69-/m0/s1. The van der Waals surface area contributed by atoms with Crippen LogP contribution in [0.2, 0.25) is 0 Å². The molecule has 654 valence electrons. The number of aliphatic hydroxyl groups excluding tert-OH is 1. The predicted molar refractivity (Wildman–Crippen MR) is 451 cm³/mol. The van der Waals surface area contributed by atoms with Crippen molar-refractivity contribution in [1.29, 1.82) is 10.8 Å². The van der Waals surface area contributed by atoms with Crippen molar-refractivity contribution in [2.75, 3.05) is 26.2 Å². The van der Waals surface area contributed by atoms with Crippen molar-refractivity contribution >= 4 is 106 Å². The Morgan fingerprint density at radius 2 is 0.800 bits per heavy atom. The number of carbonyl (C=O) groups is 14. The van der Waals surface area contributed by atoms with E-state index < -0.39 is 193 Å². The van der Waals surface area contributed by atoms with Crippen LogP contribution in [0.5, 0.6) is 0 Å². The van der Waals surface area contributed by atoms with Gasteiger partial charge < -0.3 is 113 Å². The first-order chi connectivity index (χ1) is 57.0. The van der Waals surface area contributed by atoms with E-state index in [1.807, 2.05) is 13.8 Å². The van der Waals surface area contributed by atoms with Crippen molar-refractivity contribution in [2.24, 2.45) is 52.3 Å². The third-order valence-corrected chi connectivity index (χ3v) is 19.8. The smallest absolute Gasteiger partial charge is 0.245 e. The van der Waals surface area contributed by atoms with Gasteiger partial charge >= 0.3 is 0 Å². The summed E-state index contributed by atoms with van der Waals surface area (Å²) in [5.74, 6) is -14.4. The minimum Gasteiger partial charge on any atom is -0.394 e. The number of benzene rings is 4. The van der Waals surface area contributed by atoms with E-state index >= 15 is 4.79 Å². The minimum absolute atomic E-state index is 0.00922. The lowest BCUT2D eigenvalue weighted by molar-refractivity contribution is -0.136. The van der Waals surface area contributed by atoms with Crippen LogP contribution in [0.4, 0.5) is 0 Å². The molecule has 0 saturated carbocycles. The molecule has 0 aliphatic carbocycles. The molecule has 14 amide bonds. The number of primary amides is 2. The molecule has 0 radical (unpaired) electrons. The van der Waals surface area contributed by atoms with Gasteiger partial charge in [0.25, 0.3) is 0 Å². The number of aromatic amines is 1. The monoisotopic (exact) mass is 1670 g/mol. The molecule has 28 N–H and O–H groups in total. The second kappa shape index (κ2) is 50.3. The molecular weight excluding hydrogens is 1550 g/mol. The first kappa shape index (κ1) is 98.0. The van der Waals surface area contributed by atoms with Crippen molar-refractivity contribution in [3.63, 3.8) is 0 Å². The number of hydrogen-bond acceptors (Lipinski definition) is 18. The number of hydrogen-bond donors (Lipinski definition) is 23. The summed E-state index contributed by atoms with van der Waals surface area (Å²) in [6, 6.07) is 15.8. The van der Waals surface area contributed by atoms with E-state index in [1.54, 1.807) is 163 Å². The summed E-state index contributed by atoms with van der Waals surface area (Å²) in [5, 5.41) is 63.9. The molecular formula is C83H122N22O15. The molecule has 1 heterocycles. The summed E-state index contributed by atoms with van der Waals surface area (Å²) in [6.45, 7) is 12.3. The van der Waals surface area contributed by atoms with Gasteiger partial charge in [0, 0.05) is 55.9 Å². The number of carbonyl (C=O) groups excluding carboxylic acids is 14. The summed E-state index contributed by atoms with van der Waals surface area (Å²) in [6.07, 6.45) is 0.802. The molecule has 5 rings (SSSR count). The Morgan fingerprint density at radius 1 is 0.408 bits per heavy atom. The van der Waals surface area contributed by atoms with Crippen LogP contribution in [-0.2, 0) is 92.8 Å². The highest BCUT2D eigenvalue weighted by Gasteiger charge is 2.38. The van der Waals surface area contributed by atoms with Gasteiger partial charge in [0.05, 0.1) is 19.2 Å². The van der Waals surface area contributed by atoms with Crippen LogP contribution in [0.1, 0.15) is 135 Å². The number of rotatable bonds is 52. The van der Waals surface area contributed by atoms with Crippen LogP contribution >= 0.6 is 0 Å². The number of nitrogens with two attached hydrogens (primary N) is 5. The SMILES string of the molecule is CC[C@H](C)[C@H](NC(=O)[C@H](CCCNC(=N)N)NC(=O)CNC(=O)[C@H](CC(C)C)NC(=O)[C@H](Cc1ccccc1)NC(=O)[C@H](CCCNC(=N)N)NC(=O)[C@H](CO)NC(=O)[C@H](Cc1ccccc1)NC(=O)[C@H](Cc1c[nH]c2ccccc12)NC(=O)[C@H](CCC(N)=O)NC(=O)[C@@H](NC(=O)[C@@H](N)Cc1ccccc1)C(C)C)C(=O)N[C@@H](CC(C)C)C(N)=O. The molecule has 13 atom stereocenters. The number of amides is 14. The Bertz CT molecular complexity index is 4270. The fraction of sp³-hybridized carbons (Fsp3) is 0.494. The van der Waals surface area contributed by atoms with Crippen LogP contribution in [0.15, 0.2) is 121 Å². The lowest BCUT2D eigenvalue weighted by atomic mass is 9.96. The number of aliphatic hydroxyl groups is 1. The highest BCUT2D eigenvalue weighted by molar-refractivity contribution is 6.00. The van der Waals surface area contributed by atoms with Gasteiger partial charge in [0.15, 0.2) is 11.9 Å². The summed E-state index contributed by atoms with van der Waals surface area (Å²) >= 11 is 0. The van der Waals surface area contributed by atoms with Crippen molar-refractivity contribution < 1.29 is 72.2 Å². The molecule has 37 heteroatoms. The lowest BCUT2D eigenvalue weighted by Gasteiger charge is -2.28. The van der Waals surface area contributed by atoms with Crippen molar-refractivity contribution in [1.82, 2.24) is 79.4 Å². The zero-order chi connectivity index (χ0) is 88.7. The Hall–Kier alpha value is -12.5. The largest absolute Gasteiger partial charge is 0.394 e. The Balaban J connectivity index is 1.41. The van der Waals surface area contributed by atoms with E-state index in [-0.39, 0.29) is 102 Å². The van der Waals surface area contributed by atoms with Gasteiger partial charge in [-0.25, -0.2) is 0 Å². The Labute approximate surface area is 698 Å². The fourth-order valence-electron chi connectivity index (χ4n) is 13.0. The number of fused-ring (bicyclic) bond motifs is 1. The quantitative estimate of drug-likeness (QED) is 0.0117. The molecule has 37 nitrogen and oxygen atoms in total. The Kier molecular flexibility index (Phi) is 41.1. The zero-order valence-corrected chi connectivity index (χ0v) is 69.4. The highest BCUT2D eigenvalue weighted by Crippen LogP contribution is 2.21. The molecule has 120 heavy (non-hydrogen) atoms. The molecule has 0 saturated heterocycles. The van der Waals surface area contributed by atoms with E-state index in [1.165, 1.54) is 0 Å². The number of H-pyrrole nitrogens is 1. The van der Waals surface area contributed by atoms with Gasteiger partial charge in [-0.2, -0.15) is 0 Å². The number of aromatic nitrogens is 1. The van der Waals surface area contributed by atoms with Crippen LogP contribution in [0.3, 0.4) is 0 Å². The van der Waals surface area contributed by atoms with E-state index in [2.05, 4.69) is 79.4 Å². The van der Waals surface area contributed by atoms with Crippen LogP contribution < -0.4 is 103 Å². The normalized spacial score (nSPS) is 14.4. The van der Waals surface area contributed by atoms with E-state index in [0.717, 1.165) is 5.56 Å². The molecule has 0 fully saturated rings. The van der Waals surface area contributed by atoms with Crippen molar-refractivity contribution in [3.05, 3.63) is 144 Å². The Morgan fingerprint density at radius 3 is 1.27 bits per heavy atom. The van der Waals surface area contributed by atoms with Gasteiger partial charge in [0.1, 0.15) is 66.5 Å². The van der Waals surface area contributed by atoms with Crippen LogP contribution in [-0.4, -0.2) is 203 Å². The van der Waals surface area contributed by atoms with Crippen LogP contribution in [0, 0.1) is 34.5 Å². The summed E-state index contributed by atoms with van der Waals surface area (Å²) in [7, 11) is 0. The summed E-state index contributed by atoms with van der Waals surface area (Å²) in [4.78, 5) is 201. The molecule has 5 aromatic rings. The molecule has 0 bridgehead atoms. The maximum Gasteiger partial charge on any atom is 0.245 e. The second-order valence-corrected chi connectivity index (χ2v) is 31.0. The highest BCUT2D eigenvalue weighted by atomic mass is 16.3. The summed E-state index contributed by atoms with van der Waals surface area (Å²) < 4.78 is 0. The third-order valence-electron chi connectivity index (χ3n) is 19.8.